The van der Waals surface area contributed by atoms with Crippen molar-refractivity contribution in [3.05, 3.63) is 0 Å². The first kappa shape index (κ1) is 5.74. The molecule has 0 aromatic rings. The summed E-state index contributed by atoms with van der Waals surface area (Å²) in [6.07, 6.45) is 0. The van der Waals surface area contributed by atoms with Gasteiger partial charge in [0.2, 0.25) is 5.91 Å². The molecule has 3 amide bonds. The van der Waals surface area contributed by atoms with Gasteiger partial charge in [0.1, 0.15) is 0 Å². The fourth-order valence-electron chi connectivity index (χ4n) is 0.468. The molecule has 0 spiro atoms. The predicted octanol–water partition coefficient (Wildman–Crippen LogP) is -2.24. The van der Waals surface area contributed by atoms with Crippen molar-refractivity contribution in [3.63, 3.8) is 0 Å². The van der Waals surface area contributed by atoms with Gasteiger partial charge in [-0.25, -0.2) is 0 Å². The Morgan fingerprint density at radius 3 is 2.22 bits per heavy atom. The Kier molecular flexibility index (Phi) is 1.18. The molecule has 0 bridgehead atoms. The van der Waals surface area contributed by atoms with Gasteiger partial charge in [-0.1, -0.05) is 0 Å². The number of rotatable bonds is 0. The molecule has 0 aromatic carbocycles. The largest absolute Gasteiger partial charge is 0.339 e. The summed E-state index contributed by atoms with van der Waals surface area (Å²) in [4.78, 5) is 30.8. The third-order valence-corrected chi connectivity index (χ3v) is 0.869. The summed E-state index contributed by atoms with van der Waals surface area (Å²) in [6, 6.07) is 0. The lowest BCUT2D eigenvalue weighted by Crippen LogP contribution is -2.53. The number of piperazine rings is 1. The van der Waals surface area contributed by atoms with Crippen molar-refractivity contribution < 1.29 is 14.4 Å². The van der Waals surface area contributed by atoms with E-state index in [2.05, 4.69) is 5.32 Å². The molecule has 1 fully saturated rings. The van der Waals surface area contributed by atoms with Crippen molar-refractivity contribution in [2.24, 2.45) is 0 Å². The SMILES string of the molecule is O=C1CNC(=O)C(=O)N1. The molecule has 5 heteroatoms. The molecule has 0 atom stereocenters. The van der Waals surface area contributed by atoms with Crippen molar-refractivity contribution in [2.45, 2.75) is 0 Å². The second-order valence-corrected chi connectivity index (χ2v) is 1.56. The van der Waals surface area contributed by atoms with E-state index in [1.54, 1.807) is 0 Å². The van der Waals surface area contributed by atoms with Crippen molar-refractivity contribution in [1.82, 2.24) is 10.6 Å². The van der Waals surface area contributed by atoms with E-state index in [4.69, 9.17) is 0 Å². The second-order valence-electron chi connectivity index (χ2n) is 1.56. The molecular formula is C4H4N2O3. The van der Waals surface area contributed by atoms with Crippen LogP contribution in [-0.4, -0.2) is 24.3 Å². The van der Waals surface area contributed by atoms with Crippen LogP contribution in [0, 0.1) is 0 Å². The second kappa shape index (κ2) is 1.85. The molecule has 1 aliphatic rings. The third kappa shape index (κ3) is 1.04. The molecule has 0 radical (unpaired) electrons. The molecule has 0 saturated carbocycles. The van der Waals surface area contributed by atoms with Crippen LogP contribution in [0.25, 0.3) is 0 Å². The van der Waals surface area contributed by atoms with E-state index in [0.29, 0.717) is 0 Å². The fraction of sp³-hybridized carbons (Fsp3) is 0.250. The van der Waals surface area contributed by atoms with E-state index in [0.717, 1.165) is 0 Å². The number of hydrogen-bond acceptors (Lipinski definition) is 3. The average Bonchev–Trinajstić information content (AvgIpc) is 1.80. The number of imide groups is 1. The van der Waals surface area contributed by atoms with Gasteiger partial charge in [-0.15, -0.1) is 0 Å². The summed E-state index contributed by atoms with van der Waals surface area (Å²) in [6.45, 7) is -0.107. The first-order chi connectivity index (χ1) is 4.20. The van der Waals surface area contributed by atoms with Crippen LogP contribution in [-0.2, 0) is 14.4 Å². The topological polar surface area (TPSA) is 75.3 Å². The Labute approximate surface area is 50.4 Å². The minimum absolute atomic E-state index is 0.107. The summed E-state index contributed by atoms with van der Waals surface area (Å²) < 4.78 is 0. The monoisotopic (exact) mass is 128 g/mol. The Bertz CT molecular complexity index is 186. The smallest absolute Gasteiger partial charge is 0.315 e. The lowest BCUT2D eigenvalue weighted by atomic mass is 10.4. The molecule has 2 N–H and O–H groups in total. The summed E-state index contributed by atoms with van der Waals surface area (Å²) in [5.41, 5.74) is 0. The first-order valence-electron chi connectivity index (χ1n) is 2.32. The Balaban J connectivity index is 2.64. The highest BCUT2D eigenvalue weighted by molar-refractivity contribution is 6.39. The fourth-order valence-corrected chi connectivity index (χ4v) is 0.468. The number of carbonyl (C=O) groups is 3. The van der Waals surface area contributed by atoms with Gasteiger partial charge in [-0.2, -0.15) is 0 Å². The van der Waals surface area contributed by atoms with Crippen LogP contribution in [0.1, 0.15) is 0 Å². The molecule has 5 nitrogen and oxygen atoms in total. The molecule has 1 saturated heterocycles. The van der Waals surface area contributed by atoms with Gasteiger partial charge in [0.15, 0.2) is 0 Å². The average molecular weight is 128 g/mol. The number of carbonyl (C=O) groups excluding carboxylic acids is 3. The molecule has 48 valence electrons. The van der Waals surface area contributed by atoms with Crippen molar-refractivity contribution in [1.29, 1.82) is 0 Å². The minimum atomic E-state index is -0.883. The zero-order valence-corrected chi connectivity index (χ0v) is 4.43. The lowest BCUT2D eigenvalue weighted by Gasteiger charge is -2.09. The number of nitrogens with one attached hydrogen (secondary N) is 2. The molecule has 1 aliphatic heterocycles. The molecule has 0 aliphatic carbocycles. The van der Waals surface area contributed by atoms with Crippen LogP contribution in [0.15, 0.2) is 0 Å². The van der Waals surface area contributed by atoms with E-state index >= 15 is 0 Å². The van der Waals surface area contributed by atoms with Gasteiger partial charge in [0.25, 0.3) is 0 Å². The quantitative estimate of drug-likeness (QED) is 0.286. The molecule has 9 heavy (non-hydrogen) atoms. The minimum Gasteiger partial charge on any atom is -0.339 e. The van der Waals surface area contributed by atoms with Gasteiger partial charge >= 0.3 is 11.8 Å². The molecule has 0 aromatic heterocycles. The molecular weight excluding hydrogens is 124 g/mol. The normalized spacial score (nSPS) is 18.9. The van der Waals surface area contributed by atoms with Crippen molar-refractivity contribution in [3.8, 4) is 0 Å². The maximum absolute atomic E-state index is 10.3. The standard InChI is InChI=1S/C4H4N2O3/c7-2-1-5-3(8)4(9)6-2/h1H2,(H,5,8)(H,6,7,9). The van der Waals surface area contributed by atoms with Gasteiger partial charge in [0, 0.05) is 0 Å². The summed E-state index contributed by atoms with van der Waals surface area (Å²) in [5.74, 6) is -2.11. The van der Waals surface area contributed by atoms with Crippen LogP contribution < -0.4 is 10.6 Å². The zero-order valence-electron chi connectivity index (χ0n) is 4.43. The Morgan fingerprint density at radius 2 is 1.78 bits per heavy atom. The number of hydrogen-bond donors (Lipinski definition) is 2. The Hall–Kier alpha value is -1.39. The van der Waals surface area contributed by atoms with Crippen LogP contribution >= 0.6 is 0 Å². The highest BCUT2D eigenvalue weighted by Crippen LogP contribution is 1.76. The van der Waals surface area contributed by atoms with Gasteiger partial charge < -0.3 is 5.32 Å². The van der Waals surface area contributed by atoms with E-state index in [9.17, 15) is 14.4 Å². The Morgan fingerprint density at radius 1 is 1.11 bits per heavy atom. The van der Waals surface area contributed by atoms with Crippen LogP contribution in [0.3, 0.4) is 0 Å². The molecule has 0 unspecified atom stereocenters. The zero-order chi connectivity index (χ0) is 6.85. The van der Waals surface area contributed by atoms with Gasteiger partial charge in [-0.3, -0.25) is 19.7 Å². The van der Waals surface area contributed by atoms with Crippen molar-refractivity contribution in [2.75, 3.05) is 6.54 Å². The number of amides is 3. The van der Waals surface area contributed by atoms with Crippen molar-refractivity contribution >= 4 is 17.7 Å². The highest BCUT2D eigenvalue weighted by atomic mass is 16.2. The van der Waals surface area contributed by atoms with E-state index in [-0.39, 0.29) is 6.54 Å². The molecule has 1 rings (SSSR count). The van der Waals surface area contributed by atoms with Gasteiger partial charge in [0.05, 0.1) is 6.54 Å². The van der Waals surface area contributed by atoms with E-state index in [1.807, 2.05) is 5.32 Å². The maximum atomic E-state index is 10.3. The first-order valence-corrected chi connectivity index (χ1v) is 2.32. The van der Waals surface area contributed by atoms with Gasteiger partial charge in [-0.05, 0) is 0 Å². The highest BCUT2D eigenvalue weighted by Gasteiger charge is 2.21. The van der Waals surface area contributed by atoms with E-state index in [1.165, 1.54) is 0 Å². The predicted molar refractivity (Wildman–Crippen MR) is 26.2 cm³/mol. The summed E-state index contributed by atoms with van der Waals surface area (Å²) in [5, 5.41) is 3.92. The third-order valence-electron chi connectivity index (χ3n) is 0.869. The maximum Gasteiger partial charge on any atom is 0.315 e. The van der Waals surface area contributed by atoms with Crippen LogP contribution in [0.4, 0.5) is 0 Å². The van der Waals surface area contributed by atoms with Crippen LogP contribution in [0.5, 0.6) is 0 Å². The van der Waals surface area contributed by atoms with Crippen LogP contribution in [0.2, 0.25) is 0 Å². The lowest BCUT2D eigenvalue weighted by molar-refractivity contribution is -0.145. The molecule has 1 heterocycles. The summed E-state index contributed by atoms with van der Waals surface area (Å²) >= 11 is 0. The summed E-state index contributed by atoms with van der Waals surface area (Å²) in [7, 11) is 0. The van der Waals surface area contributed by atoms with E-state index < -0.39 is 17.7 Å².